The third-order valence-electron chi connectivity index (χ3n) is 4.58. The summed E-state index contributed by atoms with van der Waals surface area (Å²) in [5, 5.41) is 0.845. The molecule has 4 atom stereocenters. The van der Waals surface area contributed by atoms with Gasteiger partial charge in [-0.05, 0) is 36.5 Å². The van der Waals surface area contributed by atoms with Gasteiger partial charge >= 0.3 is 0 Å². The maximum atomic E-state index is 12.6. The number of rotatable bonds is 1. The van der Waals surface area contributed by atoms with E-state index in [4.69, 9.17) is 23.2 Å². The number of halogens is 2. The predicted molar refractivity (Wildman–Crippen MR) is 76.7 cm³/mol. The van der Waals surface area contributed by atoms with Crippen LogP contribution in [0.2, 0.25) is 10.0 Å². The van der Waals surface area contributed by atoms with Crippen molar-refractivity contribution in [3.63, 3.8) is 0 Å². The van der Waals surface area contributed by atoms with Crippen molar-refractivity contribution in [2.24, 2.45) is 23.7 Å². The van der Waals surface area contributed by atoms with Crippen molar-refractivity contribution in [1.29, 1.82) is 0 Å². The second-order valence-corrected chi connectivity index (χ2v) is 6.51. The highest BCUT2D eigenvalue weighted by Crippen LogP contribution is 2.53. The number of amides is 2. The van der Waals surface area contributed by atoms with E-state index in [9.17, 15) is 9.59 Å². The van der Waals surface area contributed by atoms with Gasteiger partial charge in [-0.25, -0.2) is 4.90 Å². The Morgan fingerprint density at radius 3 is 1.90 bits per heavy atom. The van der Waals surface area contributed by atoms with Crippen molar-refractivity contribution in [2.45, 2.75) is 6.42 Å². The van der Waals surface area contributed by atoms with E-state index in [-0.39, 0.29) is 35.5 Å². The molecule has 0 N–H and O–H groups in total. The van der Waals surface area contributed by atoms with Crippen LogP contribution in [0, 0.1) is 23.7 Å². The van der Waals surface area contributed by atoms with Gasteiger partial charge in [0.15, 0.2) is 0 Å². The molecular formula is C15H11Cl2NO2. The number of benzene rings is 1. The monoisotopic (exact) mass is 307 g/mol. The van der Waals surface area contributed by atoms with Crippen molar-refractivity contribution in [3.05, 3.63) is 40.4 Å². The van der Waals surface area contributed by atoms with Crippen LogP contribution in [0.5, 0.6) is 0 Å². The van der Waals surface area contributed by atoms with Crippen LogP contribution >= 0.6 is 23.2 Å². The average molecular weight is 308 g/mol. The summed E-state index contributed by atoms with van der Waals surface area (Å²) in [5.41, 5.74) is 0.478. The number of carbonyl (C=O) groups excluding carboxylic acids is 2. The minimum atomic E-state index is -0.199. The van der Waals surface area contributed by atoms with Gasteiger partial charge in [-0.3, -0.25) is 9.59 Å². The summed E-state index contributed by atoms with van der Waals surface area (Å²) >= 11 is 11.9. The summed E-state index contributed by atoms with van der Waals surface area (Å²) in [6, 6.07) is 4.81. The van der Waals surface area contributed by atoms with E-state index in [0.29, 0.717) is 15.7 Å². The lowest BCUT2D eigenvalue weighted by Gasteiger charge is -2.17. The van der Waals surface area contributed by atoms with Gasteiger partial charge in [0.1, 0.15) is 0 Å². The Kier molecular flexibility index (Phi) is 2.54. The largest absolute Gasteiger partial charge is 0.274 e. The number of allylic oxidation sites excluding steroid dienone is 2. The number of hydrogen-bond acceptors (Lipinski definition) is 2. The minimum Gasteiger partial charge on any atom is -0.274 e. The van der Waals surface area contributed by atoms with Gasteiger partial charge in [0.05, 0.1) is 17.5 Å². The number of nitrogens with zero attached hydrogens (tertiary/aromatic N) is 1. The summed E-state index contributed by atoms with van der Waals surface area (Å²) in [4.78, 5) is 26.5. The quantitative estimate of drug-likeness (QED) is 0.589. The van der Waals surface area contributed by atoms with E-state index >= 15 is 0 Å². The molecule has 2 aliphatic carbocycles. The molecule has 1 heterocycles. The van der Waals surface area contributed by atoms with Crippen LogP contribution in [0.4, 0.5) is 5.69 Å². The van der Waals surface area contributed by atoms with Gasteiger partial charge in [-0.2, -0.15) is 0 Å². The predicted octanol–water partition coefficient (Wildman–Crippen LogP) is 3.30. The second kappa shape index (κ2) is 4.09. The summed E-state index contributed by atoms with van der Waals surface area (Å²) in [5.74, 6) is -0.210. The zero-order chi connectivity index (χ0) is 14.0. The Hall–Kier alpha value is -1.32. The van der Waals surface area contributed by atoms with Crippen LogP contribution in [-0.2, 0) is 9.59 Å². The number of imide groups is 1. The average Bonchev–Trinajstić information content (AvgIpc) is 3.02. The first-order valence-corrected chi connectivity index (χ1v) is 7.34. The SMILES string of the molecule is O=C1[C@@H]2[C@@H](C(=O)N1c1cc(Cl)cc(Cl)c1)[C@H]1C=C[C@@H]2C1. The highest BCUT2D eigenvalue weighted by atomic mass is 35.5. The lowest BCUT2D eigenvalue weighted by molar-refractivity contribution is -0.123. The first kappa shape index (κ1) is 12.4. The molecule has 0 spiro atoms. The van der Waals surface area contributed by atoms with Crippen LogP contribution in [0.1, 0.15) is 6.42 Å². The van der Waals surface area contributed by atoms with E-state index in [1.165, 1.54) is 4.90 Å². The molecule has 1 aromatic rings. The second-order valence-electron chi connectivity index (χ2n) is 5.64. The molecule has 3 aliphatic rings. The van der Waals surface area contributed by atoms with Crippen molar-refractivity contribution in [3.8, 4) is 0 Å². The zero-order valence-corrected chi connectivity index (χ0v) is 11.9. The van der Waals surface area contributed by atoms with Crippen molar-refractivity contribution < 1.29 is 9.59 Å². The minimum absolute atomic E-state index is 0.116. The van der Waals surface area contributed by atoms with Gasteiger partial charge in [-0.15, -0.1) is 0 Å². The fourth-order valence-electron chi connectivity index (χ4n) is 3.83. The molecule has 3 nitrogen and oxygen atoms in total. The molecule has 102 valence electrons. The molecule has 20 heavy (non-hydrogen) atoms. The van der Waals surface area contributed by atoms with Crippen molar-refractivity contribution in [1.82, 2.24) is 0 Å². The Balaban J connectivity index is 1.78. The Morgan fingerprint density at radius 2 is 1.40 bits per heavy atom. The van der Waals surface area contributed by atoms with Crippen molar-refractivity contribution in [2.75, 3.05) is 4.90 Å². The first-order chi connectivity index (χ1) is 9.56. The number of hydrogen-bond donors (Lipinski definition) is 0. The van der Waals surface area contributed by atoms with E-state index in [2.05, 4.69) is 12.2 Å². The summed E-state index contributed by atoms with van der Waals surface area (Å²) < 4.78 is 0. The smallest absolute Gasteiger partial charge is 0.238 e. The molecule has 1 saturated carbocycles. The van der Waals surface area contributed by atoms with Gasteiger partial charge in [-0.1, -0.05) is 35.4 Å². The normalized spacial score (nSPS) is 34.2. The summed E-state index contributed by atoms with van der Waals surface area (Å²) in [6.07, 6.45) is 5.08. The number of anilines is 1. The van der Waals surface area contributed by atoms with Crippen LogP contribution in [0.15, 0.2) is 30.4 Å². The zero-order valence-electron chi connectivity index (χ0n) is 10.4. The molecule has 0 unspecified atom stereocenters. The van der Waals surface area contributed by atoms with Gasteiger partial charge in [0.25, 0.3) is 0 Å². The molecule has 2 bridgehead atoms. The fourth-order valence-corrected chi connectivity index (χ4v) is 4.34. The van der Waals surface area contributed by atoms with Crippen LogP contribution in [0.3, 0.4) is 0 Å². The standard InChI is InChI=1S/C15H11Cl2NO2/c16-9-4-10(17)6-11(5-9)18-14(19)12-7-1-2-8(3-7)13(12)15(18)20/h1-2,4-8,12-13H,3H2/t7-,8+,12-,13-/m0/s1. The van der Waals surface area contributed by atoms with Crippen LogP contribution < -0.4 is 4.90 Å². The molecule has 1 aromatic carbocycles. The number of fused-ring (bicyclic) bond motifs is 5. The topological polar surface area (TPSA) is 37.4 Å². The Bertz CT molecular complexity index is 620. The maximum absolute atomic E-state index is 12.6. The highest BCUT2D eigenvalue weighted by Gasteiger charge is 2.59. The lowest BCUT2D eigenvalue weighted by Crippen LogP contribution is -2.32. The molecule has 5 heteroatoms. The summed E-state index contributed by atoms with van der Waals surface area (Å²) in [6.45, 7) is 0. The third-order valence-corrected chi connectivity index (χ3v) is 5.01. The molecular weight excluding hydrogens is 297 g/mol. The van der Waals surface area contributed by atoms with Gasteiger partial charge < -0.3 is 0 Å². The van der Waals surface area contributed by atoms with Gasteiger partial charge in [0.2, 0.25) is 11.8 Å². The van der Waals surface area contributed by atoms with E-state index in [1.807, 2.05) is 0 Å². The molecule has 1 aliphatic heterocycles. The third kappa shape index (κ3) is 1.54. The molecule has 4 rings (SSSR count). The van der Waals surface area contributed by atoms with Crippen LogP contribution in [-0.4, -0.2) is 11.8 Å². The molecule has 1 saturated heterocycles. The fraction of sp³-hybridized carbons (Fsp3) is 0.333. The Morgan fingerprint density at radius 1 is 0.900 bits per heavy atom. The highest BCUT2D eigenvalue weighted by molar-refractivity contribution is 6.35. The molecule has 2 amide bonds. The van der Waals surface area contributed by atoms with Crippen molar-refractivity contribution >= 4 is 40.7 Å². The maximum Gasteiger partial charge on any atom is 0.238 e. The summed E-state index contributed by atoms with van der Waals surface area (Å²) in [7, 11) is 0. The van der Waals surface area contributed by atoms with E-state index in [1.54, 1.807) is 18.2 Å². The molecule has 0 radical (unpaired) electrons. The van der Waals surface area contributed by atoms with Gasteiger partial charge in [0, 0.05) is 10.0 Å². The first-order valence-electron chi connectivity index (χ1n) is 6.58. The lowest BCUT2D eigenvalue weighted by atomic mass is 9.85. The van der Waals surface area contributed by atoms with Crippen LogP contribution in [0.25, 0.3) is 0 Å². The number of carbonyl (C=O) groups is 2. The molecule has 2 fully saturated rings. The molecule has 0 aromatic heterocycles. The Labute approximate surface area is 126 Å². The van der Waals surface area contributed by atoms with E-state index in [0.717, 1.165) is 6.42 Å². The van der Waals surface area contributed by atoms with E-state index < -0.39 is 0 Å².